The first-order valence-electron chi connectivity index (χ1n) is 10.2. The summed E-state index contributed by atoms with van der Waals surface area (Å²) in [6, 6.07) is 4.00. The van der Waals surface area contributed by atoms with Crippen LogP contribution >= 0.6 is 0 Å². The Balaban J connectivity index is 2.00. The maximum Gasteiger partial charge on any atom is 0.160 e. The molecule has 1 heterocycles. The molecule has 27 heavy (non-hydrogen) atoms. The van der Waals surface area contributed by atoms with Gasteiger partial charge in [0.05, 0.1) is 13.2 Å². The summed E-state index contributed by atoms with van der Waals surface area (Å²) in [7, 11) is 1.63. The minimum Gasteiger partial charge on any atom is -0.496 e. The van der Waals surface area contributed by atoms with E-state index in [0.717, 1.165) is 54.5 Å². The number of methoxy groups -OCH3 is 1. The Morgan fingerprint density at radius 3 is 2.52 bits per heavy atom. The summed E-state index contributed by atoms with van der Waals surface area (Å²) in [5, 5.41) is 13.7. The summed E-state index contributed by atoms with van der Waals surface area (Å²) in [5.41, 5.74) is 3.65. The van der Waals surface area contributed by atoms with Gasteiger partial charge in [0.1, 0.15) is 5.75 Å². The lowest BCUT2D eigenvalue weighted by molar-refractivity contribution is -0.118. The zero-order valence-electron chi connectivity index (χ0n) is 17.1. The molecule has 1 unspecified atom stereocenters. The van der Waals surface area contributed by atoms with Crippen molar-refractivity contribution in [2.45, 2.75) is 77.4 Å². The molecular weight excluding hydrogens is 338 g/mol. The van der Waals surface area contributed by atoms with E-state index in [4.69, 9.17) is 4.74 Å². The number of aliphatic hydroxyl groups is 1. The van der Waals surface area contributed by atoms with Gasteiger partial charge in [-0.2, -0.15) is 0 Å². The number of hydrogen-bond acceptors (Lipinski definition) is 4. The molecule has 4 nitrogen and oxygen atoms in total. The molecule has 1 saturated carbocycles. The lowest BCUT2D eigenvalue weighted by atomic mass is 9.83. The average molecular weight is 372 g/mol. The number of nitrogens with one attached hydrogen (secondary N) is 1. The van der Waals surface area contributed by atoms with Gasteiger partial charge in [-0.05, 0) is 57.7 Å². The average Bonchev–Trinajstić information content (AvgIpc) is 2.89. The molecule has 1 aliphatic heterocycles. The van der Waals surface area contributed by atoms with Gasteiger partial charge in [0, 0.05) is 34.4 Å². The number of allylic oxidation sites excluding steroid dienone is 1. The number of aliphatic hydroxyl groups excluding tert-OH is 1. The molecule has 1 aromatic carbocycles. The van der Waals surface area contributed by atoms with E-state index in [9.17, 15) is 9.90 Å². The van der Waals surface area contributed by atoms with Crippen LogP contribution in [0.25, 0.3) is 5.70 Å². The van der Waals surface area contributed by atoms with Crippen LogP contribution in [0.5, 0.6) is 5.75 Å². The van der Waals surface area contributed by atoms with E-state index in [-0.39, 0.29) is 17.2 Å². The predicted molar refractivity (Wildman–Crippen MR) is 109 cm³/mol. The van der Waals surface area contributed by atoms with E-state index in [2.05, 4.69) is 19.2 Å². The van der Waals surface area contributed by atoms with E-state index in [1.807, 2.05) is 18.2 Å². The fraction of sp³-hybridized carbons (Fsp3) is 0.609. The SMILES string of the molecule is COc1cc2c(cc1C(C)O)/C(=C/C(=O)C1CCCCCC1)NC(C)(C)C2. The first-order chi connectivity index (χ1) is 12.8. The molecule has 0 spiro atoms. The van der Waals surface area contributed by atoms with Gasteiger partial charge < -0.3 is 15.2 Å². The van der Waals surface area contributed by atoms with E-state index in [0.29, 0.717) is 5.75 Å². The Kier molecular flexibility index (Phi) is 5.95. The molecule has 1 aromatic rings. The quantitative estimate of drug-likeness (QED) is 0.602. The third kappa shape index (κ3) is 4.55. The molecule has 1 aliphatic carbocycles. The fourth-order valence-corrected chi connectivity index (χ4v) is 4.43. The van der Waals surface area contributed by atoms with Crippen LogP contribution < -0.4 is 10.1 Å². The largest absolute Gasteiger partial charge is 0.496 e. The maximum absolute atomic E-state index is 13.0. The fourth-order valence-electron chi connectivity index (χ4n) is 4.43. The van der Waals surface area contributed by atoms with E-state index in [1.165, 1.54) is 12.8 Å². The van der Waals surface area contributed by atoms with Crippen LogP contribution in [0.15, 0.2) is 18.2 Å². The van der Waals surface area contributed by atoms with Crippen molar-refractivity contribution < 1.29 is 14.6 Å². The van der Waals surface area contributed by atoms with E-state index < -0.39 is 6.10 Å². The van der Waals surface area contributed by atoms with Crippen LogP contribution in [0.3, 0.4) is 0 Å². The van der Waals surface area contributed by atoms with Crippen molar-refractivity contribution >= 4 is 11.5 Å². The minimum absolute atomic E-state index is 0.139. The number of fused-ring (bicyclic) bond motifs is 1. The molecule has 2 aliphatic rings. The molecule has 148 valence electrons. The topological polar surface area (TPSA) is 58.6 Å². The molecule has 4 heteroatoms. The summed E-state index contributed by atoms with van der Waals surface area (Å²) in [6.07, 6.45) is 8.82. The van der Waals surface area contributed by atoms with Crippen molar-refractivity contribution in [3.63, 3.8) is 0 Å². The van der Waals surface area contributed by atoms with Gasteiger partial charge in [-0.15, -0.1) is 0 Å². The van der Waals surface area contributed by atoms with Crippen molar-refractivity contribution in [3.8, 4) is 5.75 Å². The van der Waals surface area contributed by atoms with Crippen LogP contribution in [-0.2, 0) is 11.2 Å². The van der Waals surface area contributed by atoms with Gasteiger partial charge in [-0.3, -0.25) is 4.79 Å². The standard InChI is InChI=1S/C23H33NO3/c1-15(25)18-12-19-17(11-22(18)27-4)14-23(2,3)24-20(19)13-21(26)16-9-7-5-6-8-10-16/h11-13,15-16,24-25H,5-10,14H2,1-4H3/b20-13-. The lowest BCUT2D eigenvalue weighted by Gasteiger charge is -2.36. The van der Waals surface area contributed by atoms with Crippen LogP contribution in [0.2, 0.25) is 0 Å². The van der Waals surface area contributed by atoms with Crippen molar-refractivity contribution in [1.82, 2.24) is 5.32 Å². The Morgan fingerprint density at radius 1 is 1.26 bits per heavy atom. The number of hydrogen-bond donors (Lipinski definition) is 2. The van der Waals surface area contributed by atoms with Gasteiger partial charge in [0.2, 0.25) is 0 Å². The first-order valence-corrected chi connectivity index (χ1v) is 10.2. The second-order valence-electron chi connectivity index (χ2n) is 8.76. The van der Waals surface area contributed by atoms with Gasteiger partial charge in [-0.1, -0.05) is 25.7 Å². The molecule has 2 N–H and O–H groups in total. The Bertz CT molecular complexity index is 725. The van der Waals surface area contributed by atoms with Crippen molar-refractivity contribution in [2.24, 2.45) is 5.92 Å². The van der Waals surface area contributed by atoms with Crippen LogP contribution in [0, 0.1) is 5.92 Å². The van der Waals surface area contributed by atoms with Gasteiger partial charge in [-0.25, -0.2) is 0 Å². The van der Waals surface area contributed by atoms with Gasteiger partial charge in [0.15, 0.2) is 5.78 Å². The number of rotatable bonds is 4. The van der Waals surface area contributed by atoms with Crippen molar-refractivity contribution in [2.75, 3.05) is 7.11 Å². The Hall–Kier alpha value is -1.81. The molecule has 0 amide bonds. The van der Waals surface area contributed by atoms with Crippen LogP contribution in [0.1, 0.15) is 82.1 Å². The normalized spacial score (nSPS) is 22.5. The molecule has 0 bridgehead atoms. The number of benzene rings is 1. The summed E-state index contributed by atoms with van der Waals surface area (Å²) >= 11 is 0. The molecular formula is C23H33NO3. The second kappa shape index (κ2) is 8.05. The Labute approximate surface area is 163 Å². The molecule has 0 aromatic heterocycles. The molecule has 3 rings (SSSR count). The Morgan fingerprint density at radius 2 is 1.93 bits per heavy atom. The number of carbonyl (C=O) groups is 1. The van der Waals surface area contributed by atoms with Gasteiger partial charge in [0.25, 0.3) is 0 Å². The molecule has 1 atom stereocenters. The highest BCUT2D eigenvalue weighted by atomic mass is 16.5. The maximum atomic E-state index is 13.0. The summed E-state index contributed by atoms with van der Waals surface area (Å²) in [6.45, 7) is 6.04. The number of ether oxygens (including phenoxy) is 1. The first kappa shape index (κ1) is 19.9. The van der Waals surface area contributed by atoms with Crippen LogP contribution in [-0.4, -0.2) is 23.5 Å². The zero-order chi connectivity index (χ0) is 19.6. The third-order valence-corrected chi connectivity index (χ3v) is 5.85. The molecule has 0 saturated heterocycles. The number of carbonyl (C=O) groups excluding carboxylic acids is 1. The minimum atomic E-state index is -0.626. The third-order valence-electron chi connectivity index (χ3n) is 5.85. The highest BCUT2D eigenvalue weighted by molar-refractivity contribution is 5.98. The van der Waals surface area contributed by atoms with Gasteiger partial charge >= 0.3 is 0 Å². The highest BCUT2D eigenvalue weighted by Crippen LogP contribution is 2.37. The zero-order valence-corrected chi connectivity index (χ0v) is 17.1. The van der Waals surface area contributed by atoms with E-state index >= 15 is 0 Å². The monoisotopic (exact) mass is 371 g/mol. The second-order valence-corrected chi connectivity index (χ2v) is 8.76. The van der Waals surface area contributed by atoms with Crippen molar-refractivity contribution in [1.29, 1.82) is 0 Å². The van der Waals surface area contributed by atoms with E-state index in [1.54, 1.807) is 14.0 Å². The predicted octanol–water partition coefficient (Wildman–Crippen LogP) is 4.55. The number of ketones is 1. The highest BCUT2D eigenvalue weighted by Gasteiger charge is 2.30. The summed E-state index contributed by atoms with van der Waals surface area (Å²) in [4.78, 5) is 13.0. The summed E-state index contributed by atoms with van der Waals surface area (Å²) in [5.74, 6) is 1.08. The van der Waals surface area contributed by atoms with Crippen LogP contribution in [0.4, 0.5) is 0 Å². The smallest absolute Gasteiger partial charge is 0.160 e. The summed E-state index contributed by atoms with van der Waals surface area (Å²) < 4.78 is 5.50. The molecule has 0 radical (unpaired) electrons. The lowest BCUT2D eigenvalue weighted by Crippen LogP contribution is -2.44. The molecule has 1 fully saturated rings. The van der Waals surface area contributed by atoms with Crippen molar-refractivity contribution in [3.05, 3.63) is 34.9 Å².